The summed E-state index contributed by atoms with van der Waals surface area (Å²) in [4.78, 5) is 30.2. The van der Waals surface area contributed by atoms with Crippen LogP contribution in [0.5, 0.6) is 0 Å². The molecule has 10 heteroatoms. The molecule has 4 rings (SSSR count). The average molecular weight is 471 g/mol. The number of amides is 1. The van der Waals surface area contributed by atoms with Crippen LogP contribution >= 0.6 is 0 Å². The average Bonchev–Trinajstić information content (AvgIpc) is 2.97. The fraction of sp³-hybridized carbons (Fsp3) is 0.348. The lowest BCUT2D eigenvalue weighted by atomic mass is 10.1. The van der Waals surface area contributed by atoms with Crippen LogP contribution < -0.4 is 5.56 Å². The first kappa shape index (κ1) is 22.9. The molecular weight excluding hydrogens is 444 g/mol. The van der Waals surface area contributed by atoms with Crippen LogP contribution in [0.25, 0.3) is 11.3 Å². The van der Waals surface area contributed by atoms with Crippen LogP contribution in [-0.2, 0) is 10.0 Å². The first-order valence-corrected chi connectivity index (χ1v) is 12.1. The maximum Gasteiger partial charge on any atom is 0.261 e. The zero-order valence-corrected chi connectivity index (χ0v) is 19.6. The first-order chi connectivity index (χ1) is 15.7. The molecule has 0 bridgehead atoms. The van der Waals surface area contributed by atoms with E-state index in [1.807, 2.05) is 31.2 Å². The zero-order valence-electron chi connectivity index (χ0n) is 18.8. The van der Waals surface area contributed by atoms with E-state index in [0.717, 1.165) is 11.1 Å². The molecule has 1 amide bonds. The van der Waals surface area contributed by atoms with Crippen LogP contribution in [-0.4, -0.2) is 59.8 Å². The number of carbonyl (C=O) groups excluding carboxylic acids is 1. The summed E-state index contributed by atoms with van der Waals surface area (Å²) >= 11 is 0. The minimum atomic E-state index is -3.79. The second-order valence-corrected chi connectivity index (χ2v) is 10.1. The summed E-state index contributed by atoms with van der Waals surface area (Å²) in [6.45, 7) is 6.03. The Morgan fingerprint density at radius 3 is 2.52 bits per heavy atom. The molecule has 1 aliphatic rings. The van der Waals surface area contributed by atoms with Crippen LogP contribution in [0, 0.1) is 20.8 Å². The van der Waals surface area contributed by atoms with Gasteiger partial charge in [0.05, 0.1) is 0 Å². The highest BCUT2D eigenvalue weighted by Crippen LogP contribution is 2.24. The zero-order chi connectivity index (χ0) is 23.8. The van der Waals surface area contributed by atoms with E-state index in [1.54, 1.807) is 19.9 Å². The van der Waals surface area contributed by atoms with Crippen molar-refractivity contribution < 1.29 is 17.7 Å². The van der Waals surface area contributed by atoms with E-state index in [4.69, 9.17) is 4.52 Å². The number of sulfonamides is 1. The van der Waals surface area contributed by atoms with Crippen LogP contribution in [0.2, 0.25) is 0 Å². The van der Waals surface area contributed by atoms with Gasteiger partial charge in [0.1, 0.15) is 16.2 Å². The van der Waals surface area contributed by atoms with Crippen molar-refractivity contribution in [3.05, 3.63) is 69.3 Å². The van der Waals surface area contributed by atoms with E-state index in [-0.39, 0.29) is 35.9 Å². The van der Waals surface area contributed by atoms with Gasteiger partial charge in [-0.05, 0) is 51.0 Å². The molecule has 0 aliphatic carbocycles. The van der Waals surface area contributed by atoms with E-state index in [0.29, 0.717) is 24.4 Å². The molecule has 3 heterocycles. The van der Waals surface area contributed by atoms with Gasteiger partial charge < -0.3 is 14.4 Å². The number of pyridine rings is 1. The van der Waals surface area contributed by atoms with Crippen LogP contribution in [0.4, 0.5) is 0 Å². The minimum Gasteiger partial charge on any atom is -0.360 e. The third-order valence-electron chi connectivity index (χ3n) is 5.78. The number of aromatic nitrogens is 2. The maximum atomic E-state index is 13.1. The molecule has 0 radical (unpaired) electrons. The Morgan fingerprint density at radius 1 is 1.06 bits per heavy atom. The molecule has 0 spiro atoms. The minimum absolute atomic E-state index is 0.0356. The second kappa shape index (κ2) is 8.95. The first-order valence-electron chi connectivity index (χ1n) is 10.7. The predicted molar refractivity (Wildman–Crippen MR) is 122 cm³/mol. The lowest BCUT2D eigenvalue weighted by Crippen LogP contribution is -2.39. The summed E-state index contributed by atoms with van der Waals surface area (Å²) in [7, 11) is -3.79. The summed E-state index contributed by atoms with van der Waals surface area (Å²) in [5.74, 6) is -0.173. The number of aromatic amines is 1. The number of nitrogens with zero attached hydrogens (tertiary/aromatic N) is 3. The lowest BCUT2D eigenvalue weighted by Gasteiger charge is -2.21. The Hall–Kier alpha value is -3.24. The molecular formula is C23H26N4O5S. The van der Waals surface area contributed by atoms with Gasteiger partial charge in [-0.25, -0.2) is 8.42 Å². The summed E-state index contributed by atoms with van der Waals surface area (Å²) in [5.41, 5.74) is 2.44. The molecule has 2 aromatic heterocycles. The Balaban J connectivity index is 1.52. The molecule has 33 heavy (non-hydrogen) atoms. The topological polar surface area (TPSA) is 117 Å². The number of rotatable bonds is 4. The van der Waals surface area contributed by atoms with Crippen molar-refractivity contribution >= 4 is 15.9 Å². The van der Waals surface area contributed by atoms with Crippen molar-refractivity contribution in [1.82, 2.24) is 19.3 Å². The molecule has 0 saturated carbocycles. The van der Waals surface area contributed by atoms with E-state index in [1.165, 1.54) is 15.3 Å². The number of carbonyl (C=O) groups is 1. The molecule has 0 unspecified atom stereocenters. The Labute approximate surface area is 192 Å². The molecule has 1 saturated heterocycles. The van der Waals surface area contributed by atoms with Gasteiger partial charge in [0.25, 0.3) is 11.5 Å². The fourth-order valence-electron chi connectivity index (χ4n) is 4.10. The number of hydrogen-bond acceptors (Lipinski definition) is 6. The normalized spacial score (nSPS) is 15.4. The van der Waals surface area contributed by atoms with Crippen molar-refractivity contribution in [1.29, 1.82) is 0 Å². The lowest BCUT2D eigenvalue weighted by molar-refractivity contribution is 0.0762. The van der Waals surface area contributed by atoms with Gasteiger partial charge in [-0.1, -0.05) is 28.9 Å². The predicted octanol–water partition coefficient (Wildman–Crippen LogP) is 2.49. The van der Waals surface area contributed by atoms with Crippen LogP contribution in [0.1, 0.15) is 33.8 Å². The summed E-state index contributed by atoms with van der Waals surface area (Å²) < 4.78 is 32.6. The van der Waals surface area contributed by atoms with Crippen molar-refractivity contribution in [2.45, 2.75) is 32.1 Å². The van der Waals surface area contributed by atoms with Gasteiger partial charge in [-0.2, -0.15) is 4.31 Å². The van der Waals surface area contributed by atoms with Crippen molar-refractivity contribution in [3.8, 4) is 11.3 Å². The summed E-state index contributed by atoms with van der Waals surface area (Å²) in [6, 6.07) is 11.0. The van der Waals surface area contributed by atoms with Gasteiger partial charge in [0.15, 0.2) is 5.76 Å². The maximum absolute atomic E-state index is 13.1. The quantitative estimate of drug-likeness (QED) is 0.626. The third-order valence-corrected chi connectivity index (χ3v) is 7.92. The SMILES string of the molecule is Cc1cccc(-c2ccc(C(=O)N3CCCN(S(=O)(=O)c4c(C)noc4C)CC3)c(=O)[nH]2)c1. The molecule has 174 valence electrons. The highest BCUT2D eigenvalue weighted by molar-refractivity contribution is 7.89. The van der Waals surface area contributed by atoms with Crippen molar-refractivity contribution in [2.24, 2.45) is 0 Å². The van der Waals surface area contributed by atoms with E-state index < -0.39 is 21.5 Å². The Morgan fingerprint density at radius 2 is 1.85 bits per heavy atom. The molecule has 9 nitrogen and oxygen atoms in total. The number of nitrogens with one attached hydrogen (secondary N) is 1. The molecule has 1 aliphatic heterocycles. The number of hydrogen-bond donors (Lipinski definition) is 1. The monoisotopic (exact) mass is 470 g/mol. The Bertz CT molecular complexity index is 1340. The van der Waals surface area contributed by atoms with E-state index in [2.05, 4.69) is 10.1 Å². The van der Waals surface area contributed by atoms with E-state index >= 15 is 0 Å². The van der Waals surface area contributed by atoms with Gasteiger partial charge in [0, 0.05) is 31.9 Å². The second-order valence-electron chi connectivity index (χ2n) is 8.19. The smallest absolute Gasteiger partial charge is 0.261 e. The van der Waals surface area contributed by atoms with Crippen molar-refractivity contribution in [3.63, 3.8) is 0 Å². The van der Waals surface area contributed by atoms with Crippen molar-refractivity contribution in [2.75, 3.05) is 26.2 Å². The molecule has 1 N–H and O–H groups in total. The summed E-state index contributed by atoms with van der Waals surface area (Å²) in [6.07, 6.45) is 0.452. The van der Waals surface area contributed by atoms with Crippen LogP contribution in [0.3, 0.4) is 0 Å². The molecule has 3 aromatic rings. The largest absolute Gasteiger partial charge is 0.360 e. The number of benzene rings is 1. The summed E-state index contributed by atoms with van der Waals surface area (Å²) in [5, 5.41) is 3.74. The highest BCUT2D eigenvalue weighted by Gasteiger charge is 2.33. The van der Waals surface area contributed by atoms with Gasteiger partial charge in [0.2, 0.25) is 10.0 Å². The number of H-pyrrole nitrogens is 1. The molecule has 1 aromatic carbocycles. The van der Waals surface area contributed by atoms with Crippen LogP contribution in [0.15, 0.2) is 50.6 Å². The number of aryl methyl sites for hydroxylation is 3. The fourth-order valence-corrected chi connectivity index (χ4v) is 5.86. The van der Waals surface area contributed by atoms with Gasteiger partial charge >= 0.3 is 0 Å². The highest BCUT2D eigenvalue weighted by atomic mass is 32.2. The van der Waals surface area contributed by atoms with E-state index in [9.17, 15) is 18.0 Å². The Kier molecular flexibility index (Phi) is 6.22. The third kappa shape index (κ3) is 4.49. The van der Waals surface area contributed by atoms with Gasteiger partial charge in [-0.15, -0.1) is 0 Å². The van der Waals surface area contributed by atoms with Gasteiger partial charge in [-0.3, -0.25) is 9.59 Å². The molecule has 0 atom stereocenters. The molecule has 1 fully saturated rings. The standard InChI is InChI=1S/C23H26N4O5S/c1-15-6-4-7-18(14-15)20-9-8-19(22(28)24-20)23(29)26-10-5-11-27(13-12-26)33(30,31)21-16(2)25-32-17(21)3/h4,6-9,14H,5,10-13H2,1-3H3,(H,24,28).